The number of ether oxygens (including phenoxy) is 2. The van der Waals surface area contributed by atoms with E-state index < -0.39 is 0 Å². The quantitative estimate of drug-likeness (QED) is 0.531. The highest BCUT2D eigenvalue weighted by atomic mass is 28.2. The summed E-state index contributed by atoms with van der Waals surface area (Å²) >= 11 is 0. The molecule has 0 saturated carbocycles. The summed E-state index contributed by atoms with van der Waals surface area (Å²) in [5.74, 6) is 0.644. The average molecular weight is 214 g/mol. The van der Waals surface area contributed by atoms with Crippen molar-refractivity contribution in [3.05, 3.63) is 11.6 Å². The highest BCUT2D eigenvalue weighted by Crippen LogP contribution is 2.19. The van der Waals surface area contributed by atoms with E-state index in [9.17, 15) is 0 Å². The van der Waals surface area contributed by atoms with Gasteiger partial charge < -0.3 is 9.47 Å². The molecule has 0 unspecified atom stereocenters. The second kappa shape index (κ2) is 4.87. The molecule has 3 heteroatoms. The molecule has 2 radical (unpaired) electrons. The third-order valence-corrected chi connectivity index (χ3v) is 1.60. The molecule has 0 amide bonds. The summed E-state index contributed by atoms with van der Waals surface area (Å²) < 4.78 is 11.4. The van der Waals surface area contributed by atoms with Gasteiger partial charge >= 0.3 is 0 Å². The molecule has 82 valence electrons. The van der Waals surface area contributed by atoms with Crippen molar-refractivity contribution < 1.29 is 9.47 Å². The van der Waals surface area contributed by atoms with Crippen molar-refractivity contribution in [1.82, 2.24) is 0 Å². The Hall–Kier alpha value is -0.443. The van der Waals surface area contributed by atoms with Crippen LogP contribution in [-0.4, -0.2) is 20.7 Å². The van der Waals surface area contributed by atoms with Crippen LogP contribution in [0.4, 0.5) is 0 Å². The number of hydrogen-bond acceptors (Lipinski definition) is 2. The van der Waals surface area contributed by atoms with Crippen LogP contribution in [0, 0.1) is 0 Å². The van der Waals surface area contributed by atoms with Crippen LogP contribution in [0.25, 0.3) is 0 Å². The van der Waals surface area contributed by atoms with E-state index in [2.05, 4.69) is 6.55 Å². The summed E-state index contributed by atoms with van der Waals surface area (Å²) in [6, 6.07) is 0. The second-order valence-corrected chi connectivity index (χ2v) is 6.05. The van der Waals surface area contributed by atoms with Crippen LogP contribution in [0.5, 0.6) is 0 Å². The Morgan fingerprint density at radius 2 is 1.29 bits per heavy atom. The van der Waals surface area contributed by atoms with Crippen molar-refractivity contribution in [2.45, 2.75) is 59.3 Å². The van der Waals surface area contributed by atoms with Crippen LogP contribution in [-0.2, 0) is 9.47 Å². The lowest BCUT2D eigenvalue weighted by atomic mass is 10.2. The maximum absolute atomic E-state index is 5.70. The molecular weight excluding hydrogens is 192 g/mol. The smallest absolute Gasteiger partial charge is 0.271 e. The molecule has 0 heterocycles. The van der Waals surface area contributed by atoms with Crippen LogP contribution in [0.1, 0.15) is 41.5 Å². The zero-order valence-electron chi connectivity index (χ0n) is 10.4. The van der Waals surface area contributed by atoms with Crippen molar-refractivity contribution in [3.8, 4) is 0 Å². The van der Waals surface area contributed by atoms with E-state index in [0.29, 0.717) is 15.5 Å². The molecular formula is C11H22O2Si. The van der Waals surface area contributed by atoms with Crippen molar-refractivity contribution in [2.75, 3.05) is 0 Å². The van der Waals surface area contributed by atoms with E-state index in [4.69, 9.17) is 9.47 Å². The van der Waals surface area contributed by atoms with E-state index >= 15 is 0 Å². The molecule has 0 N–H and O–H groups in total. The Bertz CT molecular complexity index is 178. The van der Waals surface area contributed by atoms with E-state index in [-0.39, 0.29) is 11.2 Å². The van der Waals surface area contributed by atoms with Crippen LogP contribution in [0.2, 0.25) is 6.55 Å². The van der Waals surface area contributed by atoms with Crippen molar-refractivity contribution in [2.24, 2.45) is 0 Å². The molecule has 14 heavy (non-hydrogen) atoms. The van der Waals surface area contributed by atoms with Crippen molar-refractivity contribution in [3.63, 3.8) is 0 Å². The third kappa shape index (κ3) is 8.17. The zero-order chi connectivity index (χ0) is 11.4. The van der Waals surface area contributed by atoms with Gasteiger partial charge in [0.15, 0.2) is 0 Å². The van der Waals surface area contributed by atoms with Gasteiger partial charge in [0.25, 0.3) is 5.95 Å². The first-order chi connectivity index (χ1) is 6.14. The minimum Gasteiger partial charge on any atom is -0.460 e. The first-order valence-electron chi connectivity index (χ1n) is 4.89. The molecule has 0 bridgehead atoms. The van der Waals surface area contributed by atoms with Gasteiger partial charge in [0, 0.05) is 0 Å². The lowest BCUT2D eigenvalue weighted by molar-refractivity contribution is -0.0909. The lowest BCUT2D eigenvalue weighted by Crippen LogP contribution is -2.26. The molecule has 2 nitrogen and oxygen atoms in total. The molecule has 0 fully saturated rings. The van der Waals surface area contributed by atoms with Gasteiger partial charge in [-0.15, -0.1) is 0 Å². The van der Waals surface area contributed by atoms with E-state index in [1.54, 1.807) is 0 Å². The van der Waals surface area contributed by atoms with E-state index in [1.165, 1.54) is 0 Å². The minimum absolute atomic E-state index is 0.198. The summed E-state index contributed by atoms with van der Waals surface area (Å²) in [4.78, 5) is 0. The minimum atomic E-state index is -0.198. The fraction of sp³-hybridized carbons (Fsp3) is 0.818. The molecule has 0 spiro atoms. The largest absolute Gasteiger partial charge is 0.460 e. The van der Waals surface area contributed by atoms with Crippen LogP contribution in [0.3, 0.4) is 0 Å². The van der Waals surface area contributed by atoms with Crippen LogP contribution in [0.15, 0.2) is 11.6 Å². The summed E-state index contributed by atoms with van der Waals surface area (Å²) in [5, 5.41) is 0. The third-order valence-electron chi connectivity index (χ3n) is 1.08. The maximum atomic E-state index is 5.70. The average Bonchev–Trinajstić information content (AvgIpc) is 1.78. The van der Waals surface area contributed by atoms with Crippen LogP contribution < -0.4 is 0 Å². The van der Waals surface area contributed by atoms with Crippen molar-refractivity contribution >= 4 is 9.52 Å². The summed E-state index contributed by atoms with van der Waals surface area (Å²) in [6.45, 7) is 14.2. The molecule has 0 atom stereocenters. The Balaban J connectivity index is 4.41. The van der Waals surface area contributed by atoms with Gasteiger partial charge in [-0.25, -0.2) is 0 Å². The second-order valence-electron chi connectivity index (χ2n) is 5.18. The molecule has 0 saturated heterocycles. The van der Waals surface area contributed by atoms with Gasteiger partial charge in [0.05, 0.1) is 9.52 Å². The first kappa shape index (κ1) is 13.6. The van der Waals surface area contributed by atoms with Crippen LogP contribution >= 0.6 is 0 Å². The van der Waals surface area contributed by atoms with Gasteiger partial charge in [-0.1, -0.05) is 6.55 Å². The normalized spacial score (nSPS) is 12.2. The summed E-state index contributed by atoms with van der Waals surface area (Å²) in [5.41, 5.74) is 1.60. The van der Waals surface area contributed by atoms with E-state index in [0.717, 1.165) is 0 Å². The summed E-state index contributed by atoms with van der Waals surface area (Å²) in [7, 11) is 0.698. The monoisotopic (exact) mass is 214 g/mol. The van der Waals surface area contributed by atoms with Gasteiger partial charge in [-0.05, 0) is 47.2 Å². The lowest BCUT2D eigenvalue weighted by Gasteiger charge is -2.28. The highest BCUT2D eigenvalue weighted by molar-refractivity contribution is 6.40. The fourth-order valence-corrected chi connectivity index (χ4v) is 1.15. The molecule has 0 rings (SSSR count). The molecule has 0 aromatic heterocycles. The Morgan fingerprint density at radius 3 is 1.50 bits per heavy atom. The number of hydrogen-bond donors (Lipinski definition) is 0. The van der Waals surface area contributed by atoms with Crippen molar-refractivity contribution in [1.29, 1.82) is 0 Å². The SMILES string of the molecule is C[Si]C=C(OC(C)(C)C)OC(C)(C)C. The van der Waals surface area contributed by atoms with E-state index in [1.807, 2.05) is 47.2 Å². The fourth-order valence-electron chi connectivity index (χ4n) is 0.801. The topological polar surface area (TPSA) is 18.5 Å². The Kier molecular flexibility index (Phi) is 4.72. The van der Waals surface area contributed by atoms with Gasteiger partial charge in [-0.2, -0.15) is 0 Å². The summed E-state index contributed by atoms with van der Waals surface area (Å²) in [6.07, 6.45) is 0. The highest BCUT2D eigenvalue weighted by Gasteiger charge is 2.19. The maximum Gasteiger partial charge on any atom is 0.271 e. The number of rotatable bonds is 3. The molecule has 0 aliphatic heterocycles. The Labute approximate surface area is 90.5 Å². The molecule has 0 aliphatic rings. The van der Waals surface area contributed by atoms with Gasteiger partial charge in [0.1, 0.15) is 11.2 Å². The first-order valence-corrected chi connectivity index (χ1v) is 6.47. The Morgan fingerprint density at radius 1 is 0.929 bits per heavy atom. The molecule has 0 aromatic carbocycles. The standard InChI is InChI=1S/C11H22O2Si/c1-10(2,3)12-9(8-14-7)13-11(4,5)6/h8H,1-7H3. The molecule has 0 aromatic rings. The predicted molar refractivity (Wildman–Crippen MR) is 61.4 cm³/mol. The van der Waals surface area contributed by atoms with Gasteiger partial charge in [0.2, 0.25) is 0 Å². The molecule has 0 aliphatic carbocycles. The van der Waals surface area contributed by atoms with Gasteiger partial charge in [-0.3, -0.25) is 0 Å². The predicted octanol–water partition coefficient (Wildman–Crippen LogP) is 3.17. The zero-order valence-corrected chi connectivity index (χ0v) is 11.4.